The number of anilines is 1. The molecule has 2 N–H and O–H groups in total. The topological polar surface area (TPSA) is 75.7 Å². The van der Waals surface area contributed by atoms with Gasteiger partial charge in [0.05, 0.1) is 25.4 Å². The number of pyridine rings is 1. The molecule has 0 spiro atoms. The van der Waals surface area contributed by atoms with Crippen molar-refractivity contribution >= 4 is 11.8 Å². The molecule has 0 radical (unpaired) electrons. The summed E-state index contributed by atoms with van der Waals surface area (Å²) in [6.45, 7) is 6.66. The molecule has 0 aromatic carbocycles. The van der Waals surface area contributed by atoms with E-state index in [1.165, 1.54) is 6.07 Å². The third kappa shape index (κ3) is 5.04. The SMILES string of the molecule is CC(C)OC1CC(NC(=O)NCc2cnc(N3CCOCC3)c(F)c2)C1. The number of nitrogens with zero attached hydrogens (tertiary/aromatic N) is 2. The smallest absolute Gasteiger partial charge is 0.315 e. The van der Waals surface area contributed by atoms with Crippen LogP contribution in [0.4, 0.5) is 15.0 Å². The maximum Gasteiger partial charge on any atom is 0.315 e. The summed E-state index contributed by atoms with van der Waals surface area (Å²) in [6.07, 6.45) is 3.69. The standard InChI is InChI=1S/C18H27FN4O3/c1-12(2)26-15-8-14(9-15)22-18(24)21-11-13-7-16(19)17(20-10-13)23-3-5-25-6-4-23/h7,10,12,14-15H,3-6,8-9,11H2,1-2H3,(H2,21,22,24). The summed E-state index contributed by atoms with van der Waals surface area (Å²) in [6, 6.07) is 1.31. The van der Waals surface area contributed by atoms with Crippen LogP contribution < -0.4 is 15.5 Å². The Morgan fingerprint density at radius 2 is 2.15 bits per heavy atom. The molecular weight excluding hydrogens is 339 g/mol. The fourth-order valence-electron chi connectivity index (χ4n) is 3.17. The summed E-state index contributed by atoms with van der Waals surface area (Å²) >= 11 is 0. The number of amides is 2. The van der Waals surface area contributed by atoms with Crippen molar-refractivity contribution in [3.05, 3.63) is 23.6 Å². The highest BCUT2D eigenvalue weighted by atomic mass is 19.1. The van der Waals surface area contributed by atoms with E-state index in [-0.39, 0.29) is 36.6 Å². The number of carbonyl (C=O) groups excluding carboxylic acids is 1. The molecule has 3 rings (SSSR count). The molecule has 144 valence electrons. The maximum atomic E-state index is 14.3. The van der Waals surface area contributed by atoms with E-state index in [9.17, 15) is 9.18 Å². The molecule has 1 aromatic rings. The summed E-state index contributed by atoms with van der Waals surface area (Å²) in [4.78, 5) is 18.0. The first-order chi connectivity index (χ1) is 12.5. The molecule has 2 fully saturated rings. The molecular formula is C18H27FN4O3. The third-order valence-corrected chi connectivity index (χ3v) is 4.54. The van der Waals surface area contributed by atoms with Crippen LogP contribution in [0.2, 0.25) is 0 Å². The van der Waals surface area contributed by atoms with Gasteiger partial charge in [0.15, 0.2) is 11.6 Å². The monoisotopic (exact) mass is 366 g/mol. The van der Waals surface area contributed by atoms with Gasteiger partial charge in [-0.25, -0.2) is 14.2 Å². The van der Waals surface area contributed by atoms with Crippen LogP contribution in [0, 0.1) is 5.82 Å². The van der Waals surface area contributed by atoms with Crippen molar-refractivity contribution in [2.75, 3.05) is 31.2 Å². The molecule has 7 nitrogen and oxygen atoms in total. The van der Waals surface area contributed by atoms with Gasteiger partial charge in [0.2, 0.25) is 0 Å². The summed E-state index contributed by atoms with van der Waals surface area (Å²) in [7, 11) is 0. The highest BCUT2D eigenvalue weighted by Crippen LogP contribution is 2.24. The number of morpholine rings is 1. The lowest BCUT2D eigenvalue weighted by Gasteiger charge is -2.36. The number of hydrogen-bond acceptors (Lipinski definition) is 5. The molecule has 2 aliphatic rings. The highest BCUT2D eigenvalue weighted by Gasteiger charge is 2.31. The Kier molecular flexibility index (Phi) is 6.26. The number of ether oxygens (including phenoxy) is 2. The molecule has 0 unspecified atom stereocenters. The zero-order valence-electron chi connectivity index (χ0n) is 15.3. The lowest BCUT2D eigenvalue weighted by Crippen LogP contribution is -2.51. The largest absolute Gasteiger partial charge is 0.378 e. The quantitative estimate of drug-likeness (QED) is 0.803. The summed E-state index contributed by atoms with van der Waals surface area (Å²) < 4.78 is 25.2. The van der Waals surface area contributed by atoms with Crippen LogP contribution in [0.1, 0.15) is 32.3 Å². The average Bonchev–Trinajstić information content (AvgIpc) is 2.58. The van der Waals surface area contributed by atoms with Crippen LogP contribution in [-0.4, -0.2) is 55.6 Å². The normalized spacial score (nSPS) is 22.8. The van der Waals surface area contributed by atoms with Gasteiger partial charge in [-0.1, -0.05) is 0 Å². The average molecular weight is 366 g/mol. The van der Waals surface area contributed by atoms with E-state index in [4.69, 9.17) is 9.47 Å². The molecule has 1 aliphatic heterocycles. The lowest BCUT2D eigenvalue weighted by molar-refractivity contribution is -0.0475. The predicted molar refractivity (Wildman–Crippen MR) is 95.6 cm³/mol. The van der Waals surface area contributed by atoms with Crippen LogP contribution in [0.5, 0.6) is 0 Å². The van der Waals surface area contributed by atoms with Crippen molar-refractivity contribution in [3.63, 3.8) is 0 Å². The van der Waals surface area contributed by atoms with Gasteiger partial charge < -0.3 is 25.0 Å². The molecule has 0 atom stereocenters. The Labute approximate surface area is 153 Å². The van der Waals surface area contributed by atoms with Crippen molar-refractivity contribution in [2.24, 2.45) is 0 Å². The fourth-order valence-corrected chi connectivity index (χ4v) is 3.17. The Balaban J connectivity index is 1.42. The van der Waals surface area contributed by atoms with Crippen molar-refractivity contribution < 1.29 is 18.7 Å². The van der Waals surface area contributed by atoms with Crippen LogP contribution in [0.15, 0.2) is 12.3 Å². The predicted octanol–water partition coefficient (Wildman–Crippen LogP) is 1.81. The first kappa shape index (κ1) is 18.8. The second-order valence-corrected chi connectivity index (χ2v) is 7.05. The third-order valence-electron chi connectivity index (χ3n) is 4.54. The molecule has 1 saturated carbocycles. The molecule has 2 heterocycles. The minimum Gasteiger partial charge on any atom is -0.378 e. The Hall–Kier alpha value is -1.93. The Bertz CT molecular complexity index is 616. The van der Waals surface area contributed by atoms with Gasteiger partial charge in [-0.05, 0) is 38.3 Å². The van der Waals surface area contributed by atoms with Crippen molar-refractivity contribution in [2.45, 2.75) is 51.5 Å². The van der Waals surface area contributed by atoms with Crippen LogP contribution in [-0.2, 0) is 16.0 Å². The van der Waals surface area contributed by atoms with Crippen LogP contribution in [0.25, 0.3) is 0 Å². The van der Waals surface area contributed by atoms with E-state index in [1.54, 1.807) is 6.20 Å². The molecule has 1 aliphatic carbocycles. The van der Waals surface area contributed by atoms with Crippen molar-refractivity contribution in [1.82, 2.24) is 15.6 Å². The molecule has 8 heteroatoms. The zero-order valence-corrected chi connectivity index (χ0v) is 15.3. The van der Waals surface area contributed by atoms with Gasteiger partial charge in [0.25, 0.3) is 0 Å². The van der Waals surface area contributed by atoms with Crippen molar-refractivity contribution in [3.8, 4) is 0 Å². The van der Waals surface area contributed by atoms with Gasteiger partial charge in [-0.3, -0.25) is 0 Å². The Morgan fingerprint density at radius 3 is 2.81 bits per heavy atom. The van der Waals surface area contributed by atoms with Crippen LogP contribution in [0.3, 0.4) is 0 Å². The molecule has 1 aromatic heterocycles. The Morgan fingerprint density at radius 1 is 1.42 bits per heavy atom. The highest BCUT2D eigenvalue weighted by molar-refractivity contribution is 5.74. The lowest BCUT2D eigenvalue weighted by atomic mass is 9.89. The van der Waals surface area contributed by atoms with E-state index in [1.807, 2.05) is 18.7 Å². The van der Waals surface area contributed by atoms with Gasteiger partial charge >= 0.3 is 6.03 Å². The first-order valence-electron chi connectivity index (χ1n) is 9.18. The number of halogens is 1. The maximum absolute atomic E-state index is 14.3. The van der Waals surface area contributed by atoms with E-state index >= 15 is 0 Å². The molecule has 26 heavy (non-hydrogen) atoms. The number of urea groups is 1. The summed E-state index contributed by atoms with van der Waals surface area (Å²) in [5, 5.41) is 5.65. The van der Waals surface area contributed by atoms with Gasteiger partial charge in [0.1, 0.15) is 0 Å². The number of nitrogens with one attached hydrogen (secondary N) is 2. The first-order valence-corrected chi connectivity index (χ1v) is 9.18. The van der Waals surface area contributed by atoms with E-state index < -0.39 is 0 Å². The molecule has 0 bridgehead atoms. The fraction of sp³-hybridized carbons (Fsp3) is 0.667. The minimum absolute atomic E-state index is 0.136. The van der Waals surface area contributed by atoms with Gasteiger partial charge in [-0.2, -0.15) is 0 Å². The number of rotatable bonds is 6. The van der Waals surface area contributed by atoms with Gasteiger partial charge in [0, 0.05) is 31.9 Å². The number of hydrogen-bond donors (Lipinski definition) is 2. The second kappa shape index (κ2) is 8.64. The number of aromatic nitrogens is 1. The molecule has 2 amide bonds. The van der Waals surface area contributed by atoms with Gasteiger partial charge in [-0.15, -0.1) is 0 Å². The van der Waals surface area contributed by atoms with Crippen molar-refractivity contribution in [1.29, 1.82) is 0 Å². The van der Waals surface area contributed by atoms with E-state index in [0.29, 0.717) is 37.7 Å². The van der Waals surface area contributed by atoms with E-state index in [0.717, 1.165) is 12.8 Å². The van der Waals surface area contributed by atoms with E-state index in [2.05, 4.69) is 15.6 Å². The second-order valence-electron chi connectivity index (χ2n) is 7.05. The zero-order chi connectivity index (χ0) is 18.5. The number of carbonyl (C=O) groups is 1. The summed E-state index contributed by atoms with van der Waals surface area (Å²) in [5.74, 6) is -0.0357. The minimum atomic E-state index is -0.376. The summed E-state index contributed by atoms with van der Waals surface area (Å²) in [5.41, 5.74) is 0.629. The molecule has 1 saturated heterocycles. The van der Waals surface area contributed by atoms with Crippen LogP contribution >= 0.6 is 0 Å².